The maximum Gasteiger partial charge on any atom is 0.321 e. The molecule has 0 saturated carbocycles. The lowest BCUT2D eigenvalue weighted by Crippen LogP contribution is -2.44. The number of urea groups is 1. The average molecular weight is 249 g/mol. The van der Waals surface area contributed by atoms with Gasteiger partial charge in [0.25, 0.3) is 5.91 Å². The molecule has 0 aliphatic rings. The van der Waals surface area contributed by atoms with E-state index in [0.717, 1.165) is 12.8 Å². The average Bonchev–Trinajstić information content (AvgIpc) is 2.36. The van der Waals surface area contributed by atoms with Gasteiger partial charge in [-0.05, 0) is 37.1 Å². The maximum atomic E-state index is 11.7. The van der Waals surface area contributed by atoms with Crippen LogP contribution in [-0.2, 0) is 0 Å². The first-order chi connectivity index (χ1) is 8.56. The largest absolute Gasteiger partial charge is 0.399 e. The Kier molecular flexibility index (Phi) is 5.17. The van der Waals surface area contributed by atoms with Crippen LogP contribution in [0, 0.1) is 0 Å². The van der Waals surface area contributed by atoms with Crippen molar-refractivity contribution < 1.29 is 9.59 Å². The molecule has 3 amide bonds. The van der Waals surface area contributed by atoms with Gasteiger partial charge in [0.2, 0.25) is 0 Å². The topological polar surface area (TPSA) is 84.2 Å². The summed E-state index contributed by atoms with van der Waals surface area (Å²) in [6.07, 6.45) is 1.67. The molecule has 0 aliphatic carbocycles. The predicted octanol–water partition coefficient (Wildman–Crippen LogP) is 1.90. The zero-order chi connectivity index (χ0) is 13.5. The van der Waals surface area contributed by atoms with Gasteiger partial charge in [-0.3, -0.25) is 10.1 Å². The number of carbonyl (C=O) groups is 2. The number of rotatable bonds is 4. The molecule has 0 radical (unpaired) electrons. The number of nitrogens with one attached hydrogen (secondary N) is 2. The second-order valence-electron chi connectivity index (χ2n) is 4.06. The number of anilines is 1. The summed E-state index contributed by atoms with van der Waals surface area (Å²) in [6.45, 7) is 3.96. The smallest absolute Gasteiger partial charge is 0.321 e. The van der Waals surface area contributed by atoms with Crippen molar-refractivity contribution >= 4 is 17.6 Å². The number of imide groups is 1. The number of hydrogen-bond acceptors (Lipinski definition) is 3. The highest BCUT2D eigenvalue weighted by Gasteiger charge is 2.12. The van der Waals surface area contributed by atoms with Crippen molar-refractivity contribution in [3.05, 3.63) is 29.8 Å². The highest BCUT2D eigenvalue weighted by Crippen LogP contribution is 2.05. The van der Waals surface area contributed by atoms with Gasteiger partial charge in [0, 0.05) is 17.3 Å². The number of nitrogen functional groups attached to an aromatic ring is 1. The van der Waals surface area contributed by atoms with Crippen LogP contribution in [0.5, 0.6) is 0 Å². The van der Waals surface area contributed by atoms with E-state index in [1.165, 1.54) is 0 Å². The molecule has 0 unspecified atom stereocenters. The lowest BCUT2D eigenvalue weighted by molar-refractivity contribution is 0.0963. The fraction of sp³-hybridized carbons (Fsp3) is 0.385. The van der Waals surface area contributed by atoms with E-state index in [2.05, 4.69) is 10.6 Å². The Bertz CT molecular complexity index is 411. The standard InChI is InChI=1S/C13H19N3O2/c1-3-11(4-2)15-13(18)16-12(17)9-5-7-10(14)8-6-9/h5-8,11H,3-4,14H2,1-2H3,(H2,15,16,17,18). The Morgan fingerprint density at radius 3 is 2.22 bits per heavy atom. The molecular formula is C13H19N3O2. The molecule has 0 aliphatic heterocycles. The molecule has 5 nitrogen and oxygen atoms in total. The van der Waals surface area contributed by atoms with E-state index in [0.29, 0.717) is 11.3 Å². The van der Waals surface area contributed by atoms with Gasteiger partial charge in [-0.25, -0.2) is 4.79 Å². The van der Waals surface area contributed by atoms with E-state index < -0.39 is 11.9 Å². The molecule has 1 aromatic rings. The number of benzene rings is 1. The Balaban J connectivity index is 2.54. The lowest BCUT2D eigenvalue weighted by atomic mass is 10.2. The summed E-state index contributed by atoms with van der Waals surface area (Å²) in [7, 11) is 0. The summed E-state index contributed by atoms with van der Waals surface area (Å²) in [5.41, 5.74) is 6.50. The molecule has 0 saturated heterocycles. The van der Waals surface area contributed by atoms with Gasteiger partial charge >= 0.3 is 6.03 Å². The molecule has 0 atom stereocenters. The van der Waals surface area contributed by atoms with Crippen molar-refractivity contribution in [3.63, 3.8) is 0 Å². The first kappa shape index (κ1) is 14.0. The summed E-state index contributed by atoms with van der Waals surface area (Å²) in [4.78, 5) is 23.3. The quantitative estimate of drug-likeness (QED) is 0.712. The second-order valence-corrected chi connectivity index (χ2v) is 4.06. The van der Waals surface area contributed by atoms with Gasteiger partial charge in [0.05, 0.1) is 0 Å². The van der Waals surface area contributed by atoms with Crippen molar-refractivity contribution in [2.45, 2.75) is 32.7 Å². The van der Waals surface area contributed by atoms with Crippen molar-refractivity contribution in [2.75, 3.05) is 5.73 Å². The zero-order valence-corrected chi connectivity index (χ0v) is 10.7. The molecule has 0 fully saturated rings. The Labute approximate surface area is 107 Å². The summed E-state index contributed by atoms with van der Waals surface area (Å²) >= 11 is 0. The van der Waals surface area contributed by atoms with E-state index in [1.807, 2.05) is 13.8 Å². The third kappa shape index (κ3) is 4.08. The van der Waals surface area contributed by atoms with Crippen LogP contribution < -0.4 is 16.4 Å². The van der Waals surface area contributed by atoms with Crippen LogP contribution >= 0.6 is 0 Å². The van der Waals surface area contributed by atoms with Gasteiger partial charge in [0.15, 0.2) is 0 Å². The van der Waals surface area contributed by atoms with Crippen LogP contribution in [0.3, 0.4) is 0 Å². The zero-order valence-electron chi connectivity index (χ0n) is 10.7. The van der Waals surface area contributed by atoms with Crippen LogP contribution in [0.4, 0.5) is 10.5 Å². The second kappa shape index (κ2) is 6.64. The van der Waals surface area contributed by atoms with Crippen molar-refractivity contribution in [2.24, 2.45) is 0 Å². The fourth-order valence-corrected chi connectivity index (χ4v) is 1.52. The molecule has 0 bridgehead atoms. The first-order valence-corrected chi connectivity index (χ1v) is 6.04. The van der Waals surface area contributed by atoms with Crippen LogP contribution in [0.1, 0.15) is 37.0 Å². The number of nitrogens with two attached hydrogens (primary N) is 1. The van der Waals surface area contributed by atoms with Crippen molar-refractivity contribution in [1.29, 1.82) is 0 Å². The van der Waals surface area contributed by atoms with Crippen molar-refractivity contribution in [1.82, 2.24) is 10.6 Å². The van der Waals surface area contributed by atoms with Gasteiger partial charge in [-0.2, -0.15) is 0 Å². The SMILES string of the molecule is CCC(CC)NC(=O)NC(=O)c1ccc(N)cc1. The summed E-state index contributed by atoms with van der Waals surface area (Å²) in [5.74, 6) is -0.432. The summed E-state index contributed by atoms with van der Waals surface area (Å²) in [6, 6.07) is 6.01. The monoisotopic (exact) mass is 249 g/mol. The van der Waals surface area contributed by atoms with E-state index >= 15 is 0 Å². The normalized spacial score (nSPS) is 10.2. The van der Waals surface area contributed by atoms with Crippen LogP contribution in [-0.4, -0.2) is 18.0 Å². The minimum absolute atomic E-state index is 0.0872. The van der Waals surface area contributed by atoms with E-state index in [4.69, 9.17) is 5.73 Å². The Morgan fingerprint density at radius 2 is 1.72 bits per heavy atom. The van der Waals surface area contributed by atoms with Gasteiger partial charge < -0.3 is 11.1 Å². The number of amides is 3. The third-order valence-electron chi connectivity index (χ3n) is 2.72. The molecule has 1 rings (SSSR count). The molecular weight excluding hydrogens is 230 g/mol. The molecule has 0 spiro atoms. The molecule has 0 aromatic heterocycles. The van der Waals surface area contributed by atoms with Crippen LogP contribution in [0.2, 0.25) is 0 Å². The number of carbonyl (C=O) groups excluding carboxylic acids is 2. The summed E-state index contributed by atoms with van der Waals surface area (Å²) in [5, 5.41) is 5.02. The molecule has 18 heavy (non-hydrogen) atoms. The minimum Gasteiger partial charge on any atom is -0.399 e. The van der Waals surface area contributed by atoms with Crippen LogP contribution in [0.15, 0.2) is 24.3 Å². The van der Waals surface area contributed by atoms with E-state index in [9.17, 15) is 9.59 Å². The van der Waals surface area contributed by atoms with Crippen LogP contribution in [0.25, 0.3) is 0 Å². The fourth-order valence-electron chi connectivity index (χ4n) is 1.52. The minimum atomic E-state index is -0.467. The number of hydrogen-bond donors (Lipinski definition) is 3. The molecule has 98 valence electrons. The molecule has 4 N–H and O–H groups in total. The maximum absolute atomic E-state index is 11.7. The van der Waals surface area contributed by atoms with E-state index in [-0.39, 0.29) is 6.04 Å². The molecule has 1 aromatic carbocycles. The van der Waals surface area contributed by atoms with Gasteiger partial charge in [-0.15, -0.1) is 0 Å². The third-order valence-corrected chi connectivity index (χ3v) is 2.72. The van der Waals surface area contributed by atoms with Gasteiger partial charge in [-0.1, -0.05) is 13.8 Å². The summed E-state index contributed by atoms with van der Waals surface area (Å²) < 4.78 is 0. The lowest BCUT2D eigenvalue weighted by Gasteiger charge is -2.14. The molecule has 5 heteroatoms. The predicted molar refractivity (Wildman–Crippen MR) is 71.2 cm³/mol. The highest BCUT2D eigenvalue weighted by atomic mass is 16.2. The highest BCUT2D eigenvalue weighted by molar-refractivity contribution is 6.04. The van der Waals surface area contributed by atoms with Gasteiger partial charge in [0.1, 0.15) is 0 Å². The first-order valence-electron chi connectivity index (χ1n) is 6.04. The van der Waals surface area contributed by atoms with E-state index in [1.54, 1.807) is 24.3 Å². The van der Waals surface area contributed by atoms with Crippen molar-refractivity contribution in [3.8, 4) is 0 Å². The Hall–Kier alpha value is -2.04. The Morgan fingerprint density at radius 1 is 1.17 bits per heavy atom. The molecule has 0 heterocycles.